The van der Waals surface area contributed by atoms with Crippen molar-refractivity contribution in [3.05, 3.63) is 0 Å². The molecular weight excluding hydrogens is 420 g/mol. The molecule has 12 heteroatoms. The van der Waals surface area contributed by atoms with E-state index in [0.717, 1.165) is 0 Å². The molecule has 3 atom stereocenters. The van der Waals surface area contributed by atoms with Gasteiger partial charge in [0.05, 0.1) is 32.5 Å². The van der Waals surface area contributed by atoms with Gasteiger partial charge in [0.2, 0.25) is 0 Å². The van der Waals surface area contributed by atoms with Gasteiger partial charge in [0.1, 0.15) is 0 Å². The van der Waals surface area contributed by atoms with Gasteiger partial charge in [-0.25, -0.2) is 0 Å². The summed E-state index contributed by atoms with van der Waals surface area (Å²) in [5.74, 6) is -3.92. The Hall–Kier alpha value is -0.660. The molecule has 0 aliphatic heterocycles. The van der Waals surface area contributed by atoms with E-state index in [1.807, 2.05) is 0 Å². The Morgan fingerprint density at radius 2 is 1.00 bits per heavy atom. The molecule has 3 unspecified atom stereocenters. The highest BCUT2D eigenvalue weighted by molar-refractivity contribution is 7.83. The van der Waals surface area contributed by atoms with Crippen LogP contribution in [-0.2, 0) is 14.4 Å². The molecule has 0 aromatic rings. The molecule has 0 aliphatic carbocycles. The normalized spacial score (nSPS) is 17.6. The van der Waals surface area contributed by atoms with Crippen LogP contribution in [0.15, 0.2) is 0 Å². The van der Waals surface area contributed by atoms with Crippen LogP contribution in [0.4, 0.5) is 0 Å². The number of carboxylic acids is 3. The molecule has 0 heterocycles. The SMILES string of the molecule is O=C(O)CC(S)C(C(S)CC(=O)O)(C(S)CC(=O)O)C(CO)(CO)CCO. The number of aliphatic carboxylic acids is 3. The van der Waals surface area contributed by atoms with Crippen LogP contribution in [0.3, 0.4) is 0 Å². The lowest BCUT2D eigenvalue weighted by Gasteiger charge is -2.57. The molecule has 0 fully saturated rings. The van der Waals surface area contributed by atoms with Crippen LogP contribution in [0.5, 0.6) is 0 Å². The number of hydrogen-bond acceptors (Lipinski definition) is 9. The molecule has 0 rings (SSSR count). The summed E-state index contributed by atoms with van der Waals surface area (Å²) in [7, 11) is 0. The molecule has 0 saturated carbocycles. The van der Waals surface area contributed by atoms with Crippen molar-refractivity contribution in [2.45, 2.75) is 41.4 Å². The molecule has 158 valence electrons. The maximum atomic E-state index is 11.3. The first-order valence-electron chi connectivity index (χ1n) is 7.97. The fourth-order valence-corrected chi connectivity index (χ4v) is 6.36. The van der Waals surface area contributed by atoms with Crippen LogP contribution in [0.25, 0.3) is 0 Å². The lowest BCUT2D eigenvalue weighted by molar-refractivity contribution is -0.142. The van der Waals surface area contributed by atoms with Gasteiger partial charge in [-0.1, -0.05) is 0 Å². The molecule has 0 bridgehead atoms. The highest BCUT2D eigenvalue weighted by atomic mass is 32.1. The first kappa shape index (κ1) is 26.3. The zero-order chi connectivity index (χ0) is 21.4. The van der Waals surface area contributed by atoms with E-state index in [0.29, 0.717) is 0 Å². The zero-order valence-corrected chi connectivity index (χ0v) is 17.1. The third kappa shape index (κ3) is 5.91. The minimum atomic E-state index is -1.77. The summed E-state index contributed by atoms with van der Waals surface area (Å²) >= 11 is 12.9. The molecule has 0 saturated heterocycles. The van der Waals surface area contributed by atoms with Gasteiger partial charge in [-0.3, -0.25) is 14.4 Å². The average Bonchev–Trinajstić information content (AvgIpc) is 2.52. The van der Waals surface area contributed by atoms with Crippen molar-refractivity contribution in [1.29, 1.82) is 0 Å². The van der Waals surface area contributed by atoms with Crippen molar-refractivity contribution in [2.24, 2.45) is 10.8 Å². The Morgan fingerprint density at radius 3 is 1.19 bits per heavy atom. The molecular formula is C15H26O9S3. The predicted molar refractivity (Wildman–Crippen MR) is 106 cm³/mol. The summed E-state index contributed by atoms with van der Waals surface area (Å²) in [6.07, 6.45) is -2.18. The van der Waals surface area contributed by atoms with Crippen molar-refractivity contribution < 1.29 is 45.0 Å². The number of aliphatic hydroxyl groups excluding tert-OH is 3. The quantitative estimate of drug-likeness (QED) is 0.162. The van der Waals surface area contributed by atoms with Gasteiger partial charge in [0.25, 0.3) is 0 Å². The van der Waals surface area contributed by atoms with Crippen molar-refractivity contribution in [3.63, 3.8) is 0 Å². The smallest absolute Gasteiger partial charge is 0.304 e. The van der Waals surface area contributed by atoms with Crippen LogP contribution < -0.4 is 0 Å². The van der Waals surface area contributed by atoms with Gasteiger partial charge in [0.15, 0.2) is 0 Å². The third-order valence-electron chi connectivity index (χ3n) is 4.87. The maximum Gasteiger partial charge on any atom is 0.304 e. The number of aliphatic hydroxyl groups is 3. The zero-order valence-electron chi connectivity index (χ0n) is 14.4. The highest BCUT2D eigenvalue weighted by Gasteiger charge is 2.61. The molecule has 9 nitrogen and oxygen atoms in total. The lowest BCUT2D eigenvalue weighted by atomic mass is 9.55. The summed E-state index contributed by atoms with van der Waals surface area (Å²) < 4.78 is 0. The summed E-state index contributed by atoms with van der Waals surface area (Å²) in [5, 5.41) is 53.6. The van der Waals surface area contributed by atoms with Crippen molar-refractivity contribution >= 4 is 55.8 Å². The van der Waals surface area contributed by atoms with Gasteiger partial charge < -0.3 is 30.6 Å². The van der Waals surface area contributed by atoms with Gasteiger partial charge in [-0.2, -0.15) is 37.9 Å². The Morgan fingerprint density at radius 1 is 0.704 bits per heavy atom. The standard InChI is InChI=1S/C15H26O9S3/c16-2-1-14(6-17,7-18)15(8(25)3-11(19)20,9(26)4-12(21)22)10(27)5-13(23)24/h8-10,16-18,25-27H,1-7H2,(H,19,20)(H,21,22)(H,23,24). The molecule has 0 aromatic heterocycles. The van der Waals surface area contributed by atoms with Crippen molar-refractivity contribution in [1.82, 2.24) is 0 Å². The van der Waals surface area contributed by atoms with E-state index in [2.05, 4.69) is 37.9 Å². The Balaban J connectivity index is 6.80. The van der Waals surface area contributed by atoms with Crippen LogP contribution in [-0.4, -0.2) is 84.1 Å². The number of thiol groups is 3. The molecule has 0 aliphatic rings. The number of carboxylic acid groups (broad SMARTS) is 3. The van der Waals surface area contributed by atoms with E-state index in [1.54, 1.807) is 0 Å². The second kappa shape index (κ2) is 11.4. The van der Waals surface area contributed by atoms with Gasteiger partial charge in [0, 0.05) is 33.2 Å². The summed E-state index contributed by atoms with van der Waals surface area (Å²) in [6, 6.07) is 0. The topological polar surface area (TPSA) is 173 Å². The fraction of sp³-hybridized carbons (Fsp3) is 0.800. The van der Waals surface area contributed by atoms with E-state index in [1.165, 1.54) is 0 Å². The Bertz CT molecular complexity index is 470. The first-order valence-corrected chi connectivity index (χ1v) is 9.52. The molecule has 0 amide bonds. The van der Waals surface area contributed by atoms with Crippen LogP contribution in [0.2, 0.25) is 0 Å². The second-order valence-electron chi connectivity index (χ2n) is 6.34. The summed E-state index contributed by atoms with van der Waals surface area (Å²) in [6.45, 7) is -2.14. The van der Waals surface area contributed by atoms with E-state index in [4.69, 9.17) is 0 Å². The highest BCUT2D eigenvalue weighted by Crippen LogP contribution is 2.57. The predicted octanol–water partition coefficient (Wildman–Crippen LogP) is -0.354. The van der Waals surface area contributed by atoms with Crippen LogP contribution in [0.1, 0.15) is 25.7 Å². The van der Waals surface area contributed by atoms with Gasteiger partial charge in [-0.15, -0.1) is 0 Å². The number of carbonyl (C=O) groups is 3. The number of hydrogen-bond donors (Lipinski definition) is 9. The third-order valence-corrected chi connectivity index (χ3v) is 6.70. The van der Waals surface area contributed by atoms with E-state index < -0.39 is 83.6 Å². The minimum absolute atomic E-state index is 0.274. The first-order chi connectivity index (χ1) is 12.4. The fourth-order valence-electron chi connectivity index (χ4n) is 3.64. The van der Waals surface area contributed by atoms with E-state index in [9.17, 15) is 45.0 Å². The minimum Gasteiger partial charge on any atom is -0.481 e. The van der Waals surface area contributed by atoms with E-state index in [-0.39, 0.29) is 6.42 Å². The van der Waals surface area contributed by atoms with Crippen molar-refractivity contribution in [2.75, 3.05) is 19.8 Å². The van der Waals surface area contributed by atoms with Crippen LogP contribution >= 0.6 is 37.9 Å². The second-order valence-corrected chi connectivity index (χ2v) is 8.21. The molecule has 6 N–H and O–H groups in total. The van der Waals surface area contributed by atoms with Gasteiger partial charge >= 0.3 is 17.9 Å². The van der Waals surface area contributed by atoms with Gasteiger partial charge in [-0.05, 0) is 6.42 Å². The van der Waals surface area contributed by atoms with Crippen LogP contribution in [0, 0.1) is 10.8 Å². The Labute approximate surface area is 173 Å². The number of rotatable bonds is 14. The maximum absolute atomic E-state index is 11.3. The monoisotopic (exact) mass is 446 g/mol. The summed E-state index contributed by atoms with van der Waals surface area (Å²) in [5.41, 5.74) is -3.46. The largest absolute Gasteiger partial charge is 0.481 e. The average molecular weight is 447 g/mol. The molecule has 0 spiro atoms. The molecule has 27 heavy (non-hydrogen) atoms. The summed E-state index contributed by atoms with van der Waals surface area (Å²) in [4.78, 5) is 33.9. The Kier molecular flexibility index (Phi) is 11.1. The molecule has 0 radical (unpaired) electrons. The lowest BCUT2D eigenvalue weighted by Crippen LogP contribution is -2.63. The molecule has 0 aromatic carbocycles. The van der Waals surface area contributed by atoms with Crippen molar-refractivity contribution in [3.8, 4) is 0 Å². The van der Waals surface area contributed by atoms with E-state index >= 15 is 0 Å².